The van der Waals surface area contributed by atoms with E-state index >= 15 is 0 Å². The van der Waals surface area contributed by atoms with Crippen LogP contribution in [0, 0.1) is 0 Å². The fraction of sp³-hybridized carbons (Fsp3) is 0.333. The summed E-state index contributed by atoms with van der Waals surface area (Å²) in [6.45, 7) is 0. The van der Waals surface area contributed by atoms with Crippen molar-refractivity contribution in [1.82, 2.24) is 0 Å². The van der Waals surface area contributed by atoms with Gasteiger partial charge >= 0.3 is 12.4 Å². The van der Waals surface area contributed by atoms with Crippen molar-refractivity contribution in [2.75, 3.05) is 0 Å². The van der Waals surface area contributed by atoms with Crippen molar-refractivity contribution >= 4 is 11.6 Å². The summed E-state index contributed by atoms with van der Waals surface area (Å²) in [6.07, 6.45) is -9.63. The number of alkyl halides is 6. The summed E-state index contributed by atoms with van der Waals surface area (Å²) in [5, 5.41) is -0.671. The minimum Gasteiger partial charge on any atom is -0.316 e. The van der Waals surface area contributed by atoms with Crippen molar-refractivity contribution in [3.63, 3.8) is 0 Å². The molecule has 0 amide bonds. The summed E-state index contributed by atoms with van der Waals surface area (Å²) in [5.74, 6) is 0. The first-order valence-electron chi connectivity index (χ1n) is 4.22. The van der Waals surface area contributed by atoms with E-state index in [1.54, 1.807) is 0 Å². The van der Waals surface area contributed by atoms with E-state index in [0.29, 0.717) is 6.07 Å². The molecule has 96 valence electrons. The molecule has 1 atom stereocenters. The number of halogens is 7. The van der Waals surface area contributed by atoms with Crippen molar-refractivity contribution in [1.29, 1.82) is 0 Å². The minimum absolute atomic E-state index is 0.306. The Bertz CT molecular complexity index is 411. The van der Waals surface area contributed by atoms with Crippen LogP contribution in [0.2, 0.25) is 5.02 Å². The van der Waals surface area contributed by atoms with Gasteiger partial charge in [0.1, 0.15) is 6.04 Å². The Morgan fingerprint density at radius 1 is 1.06 bits per heavy atom. The van der Waals surface area contributed by atoms with Gasteiger partial charge in [-0.2, -0.15) is 26.3 Å². The average molecular weight is 278 g/mol. The summed E-state index contributed by atoms with van der Waals surface area (Å²) >= 11 is 5.26. The first kappa shape index (κ1) is 14.1. The first-order valence-corrected chi connectivity index (χ1v) is 4.60. The molecule has 0 heterocycles. The third kappa shape index (κ3) is 3.26. The Labute approximate surface area is 97.2 Å². The molecule has 0 saturated heterocycles. The quantitative estimate of drug-likeness (QED) is 0.774. The number of rotatable bonds is 1. The predicted octanol–water partition coefficient (Wildman–Crippen LogP) is 3.92. The first-order chi connectivity index (χ1) is 7.53. The second-order valence-electron chi connectivity index (χ2n) is 3.26. The molecule has 0 radical (unpaired) electrons. The summed E-state index contributed by atoms with van der Waals surface area (Å²) < 4.78 is 73.8. The molecular formula is C9H6ClF6N. The molecule has 17 heavy (non-hydrogen) atoms. The molecule has 0 aliphatic carbocycles. The van der Waals surface area contributed by atoms with Crippen molar-refractivity contribution < 1.29 is 26.3 Å². The highest BCUT2D eigenvalue weighted by Crippen LogP contribution is 2.38. The molecule has 1 aromatic carbocycles. The van der Waals surface area contributed by atoms with Crippen molar-refractivity contribution in [2.24, 2.45) is 5.73 Å². The lowest BCUT2D eigenvalue weighted by Crippen LogP contribution is -2.28. The second kappa shape index (κ2) is 4.38. The van der Waals surface area contributed by atoms with E-state index in [1.807, 2.05) is 0 Å². The molecule has 0 aliphatic heterocycles. The van der Waals surface area contributed by atoms with Crippen LogP contribution in [0.25, 0.3) is 0 Å². The van der Waals surface area contributed by atoms with Crippen LogP contribution < -0.4 is 5.73 Å². The molecule has 2 N–H and O–H groups in total. The molecule has 0 fully saturated rings. The Balaban J connectivity index is 3.23. The standard InChI is InChI=1S/C9H6ClF6N/c10-6-2-1-4(7(17)9(14,15)16)3-5(6)8(11,12)13/h1-3,7H,17H2. The van der Waals surface area contributed by atoms with E-state index in [4.69, 9.17) is 17.3 Å². The van der Waals surface area contributed by atoms with Gasteiger partial charge in [0, 0.05) is 0 Å². The van der Waals surface area contributed by atoms with Gasteiger partial charge in [-0.3, -0.25) is 0 Å². The SMILES string of the molecule is NC(c1ccc(Cl)c(C(F)(F)F)c1)C(F)(F)F. The van der Waals surface area contributed by atoms with Crippen molar-refractivity contribution in [3.8, 4) is 0 Å². The van der Waals surface area contributed by atoms with Crippen LogP contribution in [0.1, 0.15) is 17.2 Å². The van der Waals surface area contributed by atoms with E-state index in [1.165, 1.54) is 0 Å². The third-order valence-electron chi connectivity index (χ3n) is 2.01. The summed E-state index contributed by atoms with van der Waals surface area (Å²) in [6, 6.07) is -0.609. The average Bonchev–Trinajstić information content (AvgIpc) is 2.14. The van der Waals surface area contributed by atoms with Crippen molar-refractivity contribution in [2.45, 2.75) is 18.4 Å². The minimum atomic E-state index is -4.82. The summed E-state index contributed by atoms with van der Waals surface area (Å²) in [7, 11) is 0. The second-order valence-corrected chi connectivity index (χ2v) is 3.66. The smallest absolute Gasteiger partial charge is 0.316 e. The van der Waals surface area contributed by atoms with E-state index in [0.717, 1.165) is 12.1 Å². The van der Waals surface area contributed by atoms with Crippen LogP contribution >= 0.6 is 11.6 Å². The molecule has 0 bridgehead atoms. The molecule has 0 spiro atoms. The zero-order valence-electron chi connectivity index (χ0n) is 8.03. The maximum Gasteiger partial charge on any atom is 0.417 e. The fourth-order valence-corrected chi connectivity index (χ4v) is 1.37. The lowest BCUT2D eigenvalue weighted by Gasteiger charge is -2.18. The van der Waals surface area contributed by atoms with Gasteiger partial charge in [0.2, 0.25) is 0 Å². The van der Waals surface area contributed by atoms with Crippen LogP contribution in [0.15, 0.2) is 18.2 Å². The molecule has 1 aromatic rings. The molecule has 1 nitrogen and oxygen atoms in total. The topological polar surface area (TPSA) is 26.0 Å². The zero-order valence-corrected chi connectivity index (χ0v) is 8.79. The lowest BCUT2D eigenvalue weighted by molar-refractivity contribution is -0.150. The van der Waals surface area contributed by atoms with E-state index in [2.05, 4.69) is 0 Å². The van der Waals surface area contributed by atoms with Gasteiger partial charge in [-0.1, -0.05) is 17.7 Å². The van der Waals surface area contributed by atoms with Gasteiger partial charge in [0.25, 0.3) is 0 Å². The monoisotopic (exact) mass is 277 g/mol. The number of hydrogen-bond acceptors (Lipinski definition) is 1. The normalized spacial score (nSPS) is 14.8. The van der Waals surface area contributed by atoms with Gasteiger partial charge in [0.05, 0.1) is 10.6 Å². The van der Waals surface area contributed by atoms with E-state index in [9.17, 15) is 26.3 Å². The maximum absolute atomic E-state index is 12.4. The van der Waals surface area contributed by atoms with Crippen LogP contribution in [-0.2, 0) is 6.18 Å². The largest absolute Gasteiger partial charge is 0.417 e. The Morgan fingerprint density at radius 3 is 2.00 bits per heavy atom. The molecule has 8 heteroatoms. The Kier molecular flexibility index (Phi) is 3.63. The Hall–Kier alpha value is -0.950. The fourth-order valence-electron chi connectivity index (χ4n) is 1.14. The van der Waals surface area contributed by atoms with Gasteiger partial charge in [0.15, 0.2) is 0 Å². The van der Waals surface area contributed by atoms with Crippen LogP contribution in [0.5, 0.6) is 0 Å². The van der Waals surface area contributed by atoms with Crippen LogP contribution in [0.4, 0.5) is 26.3 Å². The zero-order chi connectivity index (χ0) is 13.4. The summed E-state index contributed by atoms with van der Waals surface area (Å²) in [5.41, 5.74) is 2.78. The highest BCUT2D eigenvalue weighted by atomic mass is 35.5. The molecule has 1 rings (SSSR count). The molecule has 0 saturated carbocycles. The van der Waals surface area contributed by atoms with E-state index in [-0.39, 0.29) is 0 Å². The Morgan fingerprint density at radius 2 is 1.59 bits per heavy atom. The highest BCUT2D eigenvalue weighted by molar-refractivity contribution is 6.31. The van der Waals surface area contributed by atoms with E-state index < -0.39 is 34.5 Å². The third-order valence-corrected chi connectivity index (χ3v) is 2.34. The van der Waals surface area contributed by atoms with Crippen molar-refractivity contribution in [3.05, 3.63) is 34.3 Å². The molecular weight excluding hydrogens is 272 g/mol. The number of hydrogen-bond donors (Lipinski definition) is 1. The maximum atomic E-state index is 12.4. The predicted molar refractivity (Wildman–Crippen MR) is 49.4 cm³/mol. The van der Waals surface area contributed by atoms with Gasteiger partial charge in [-0.15, -0.1) is 0 Å². The van der Waals surface area contributed by atoms with Gasteiger partial charge in [-0.25, -0.2) is 0 Å². The molecule has 1 unspecified atom stereocenters. The number of nitrogens with two attached hydrogens (primary N) is 1. The molecule has 0 aromatic heterocycles. The van der Waals surface area contributed by atoms with Gasteiger partial charge < -0.3 is 5.73 Å². The lowest BCUT2D eigenvalue weighted by atomic mass is 10.0. The summed E-state index contributed by atoms with van der Waals surface area (Å²) in [4.78, 5) is 0. The van der Waals surface area contributed by atoms with Crippen LogP contribution in [0.3, 0.4) is 0 Å². The van der Waals surface area contributed by atoms with Gasteiger partial charge in [-0.05, 0) is 17.7 Å². The molecule has 0 aliphatic rings. The number of benzene rings is 1. The highest BCUT2D eigenvalue weighted by Gasteiger charge is 2.40. The van der Waals surface area contributed by atoms with Crippen LogP contribution in [-0.4, -0.2) is 6.18 Å².